The average molecular weight is 389 g/mol. The quantitative estimate of drug-likeness (QED) is 0.671. The highest BCUT2D eigenvalue weighted by molar-refractivity contribution is 5.76. The third-order valence-corrected chi connectivity index (χ3v) is 4.37. The molecule has 0 bridgehead atoms. The minimum absolute atomic E-state index is 0.0489. The summed E-state index contributed by atoms with van der Waals surface area (Å²) in [5.41, 5.74) is 3.15. The van der Waals surface area contributed by atoms with Gasteiger partial charge < -0.3 is 19.7 Å². The maximum atomic E-state index is 12.5. The Morgan fingerprint density at radius 2 is 1.72 bits per heavy atom. The van der Waals surface area contributed by atoms with E-state index in [9.17, 15) is 14.9 Å². The molecule has 29 heavy (non-hydrogen) atoms. The van der Waals surface area contributed by atoms with Crippen LogP contribution < -0.4 is 15.2 Å². The molecule has 2 N–H and O–H groups in total. The van der Waals surface area contributed by atoms with Crippen molar-refractivity contribution < 1.29 is 14.6 Å². The van der Waals surface area contributed by atoms with Gasteiger partial charge in [-0.05, 0) is 53.6 Å². The molecule has 0 unspecified atom stereocenters. The van der Waals surface area contributed by atoms with Crippen molar-refractivity contribution in [1.82, 2.24) is 4.98 Å². The summed E-state index contributed by atoms with van der Waals surface area (Å²) in [6.45, 7) is -0.430. The number of nitrogens with zero attached hydrogens (tertiary/aromatic N) is 2. The number of rotatable bonds is 6. The van der Waals surface area contributed by atoms with Crippen LogP contribution in [0.5, 0.6) is 5.75 Å². The van der Waals surface area contributed by atoms with Crippen LogP contribution in [-0.2, 0) is 4.79 Å². The van der Waals surface area contributed by atoms with Gasteiger partial charge in [-0.25, -0.2) is 4.79 Å². The van der Waals surface area contributed by atoms with E-state index in [4.69, 9.17) is 9.84 Å². The molecule has 146 valence electrons. The van der Waals surface area contributed by atoms with Crippen LogP contribution in [0.2, 0.25) is 0 Å². The highest BCUT2D eigenvalue weighted by Crippen LogP contribution is 2.28. The zero-order valence-corrected chi connectivity index (χ0v) is 16.0. The van der Waals surface area contributed by atoms with E-state index >= 15 is 0 Å². The molecule has 0 spiro atoms. The summed E-state index contributed by atoms with van der Waals surface area (Å²) in [6, 6.07) is 18.0. The normalized spacial score (nSPS) is 10.2. The summed E-state index contributed by atoms with van der Waals surface area (Å²) in [4.78, 5) is 27.8. The lowest BCUT2D eigenvalue weighted by Crippen LogP contribution is -2.13. The Labute approximate surface area is 167 Å². The van der Waals surface area contributed by atoms with Crippen molar-refractivity contribution in [1.29, 1.82) is 5.26 Å². The number of hydrogen-bond donors (Lipinski definition) is 2. The summed E-state index contributed by atoms with van der Waals surface area (Å²) < 4.78 is 5.12. The SMILES string of the molecule is CN(C)c1ccc(-c2cc(-c3ccc(OCC(=O)O)cc3)[nH]c(=O)c2C#N)cc1. The number of hydrogen-bond acceptors (Lipinski definition) is 5. The van der Waals surface area contributed by atoms with E-state index in [-0.39, 0.29) is 5.56 Å². The number of carboxylic acid groups (broad SMARTS) is 1. The summed E-state index contributed by atoms with van der Waals surface area (Å²) in [5.74, 6) is -0.651. The van der Waals surface area contributed by atoms with Crippen LogP contribution in [0.25, 0.3) is 22.4 Å². The van der Waals surface area contributed by atoms with Gasteiger partial charge in [-0.15, -0.1) is 0 Å². The number of anilines is 1. The second-order valence-corrected chi connectivity index (χ2v) is 6.56. The van der Waals surface area contributed by atoms with Gasteiger partial charge >= 0.3 is 5.97 Å². The molecule has 0 saturated carbocycles. The third-order valence-electron chi connectivity index (χ3n) is 4.37. The Hall–Kier alpha value is -4.05. The molecule has 1 heterocycles. The number of nitrogens with one attached hydrogen (secondary N) is 1. The summed E-state index contributed by atoms with van der Waals surface area (Å²) >= 11 is 0. The van der Waals surface area contributed by atoms with E-state index in [0.717, 1.165) is 11.3 Å². The Morgan fingerprint density at radius 3 is 2.28 bits per heavy atom. The zero-order chi connectivity index (χ0) is 21.0. The number of nitriles is 1. The highest BCUT2D eigenvalue weighted by atomic mass is 16.5. The topological polar surface area (TPSA) is 106 Å². The first-order valence-corrected chi connectivity index (χ1v) is 8.79. The number of aromatic amines is 1. The largest absolute Gasteiger partial charge is 0.482 e. The summed E-state index contributed by atoms with van der Waals surface area (Å²) in [6.07, 6.45) is 0. The Balaban J connectivity index is 2.00. The maximum absolute atomic E-state index is 12.5. The van der Waals surface area contributed by atoms with Gasteiger partial charge in [0, 0.05) is 31.0 Å². The molecule has 0 radical (unpaired) electrons. The van der Waals surface area contributed by atoms with Gasteiger partial charge in [0.25, 0.3) is 5.56 Å². The van der Waals surface area contributed by atoms with E-state index < -0.39 is 18.1 Å². The Morgan fingerprint density at radius 1 is 1.10 bits per heavy atom. The van der Waals surface area contributed by atoms with E-state index in [2.05, 4.69) is 4.98 Å². The minimum Gasteiger partial charge on any atom is -0.482 e. The van der Waals surface area contributed by atoms with Crippen LogP contribution in [0.1, 0.15) is 5.56 Å². The van der Waals surface area contributed by atoms with Gasteiger partial charge in [0.1, 0.15) is 17.4 Å². The number of benzene rings is 2. The standard InChI is InChI=1S/C22H19N3O4/c1-25(2)16-7-3-14(4-8-16)18-11-20(24-22(28)19(18)12-23)15-5-9-17(10-6-15)29-13-21(26)27/h3-11H,13H2,1-2H3,(H,24,28)(H,26,27). The molecule has 3 rings (SSSR count). The van der Waals surface area contributed by atoms with Crippen LogP contribution >= 0.6 is 0 Å². The smallest absolute Gasteiger partial charge is 0.341 e. The van der Waals surface area contributed by atoms with Gasteiger partial charge in [-0.1, -0.05) is 12.1 Å². The zero-order valence-electron chi connectivity index (χ0n) is 16.0. The molecule has 0 aliphatic heterocycles. The Bertz CT molecular complexity index is 1120. The van der Waals surface area contributed by atoms with Crippen molar-refractivity contribution in [3.8, 4) is 34.2 Å². The van der Waals surface area contributed by atoms with Crippen LogP contribution in [0.4, 0.5) is 5.69 Å². The monoisotopic (exact) mass is 389 g/mol. The van der Waals surface area contributed by atoms with Crippen LogP contribution in [0.3, 0.4) is 0 Å². The number of ether oxygens (including phenoxy) is 1. The first-order chi connectivity index (χ1) is 13.9. The molecule has 0 fully saturated rings. The first kappa shape index (κ1) is 19.7. The van der Waals surface area contributed by atoms with Crippen molar-refractivity contribution >= 4 is 11.7 Å². The van der Waals surface area contributed by atoms with Crippen molar-refractivity contribution in [3.05, 3.63) is 70.5 Å². The lowest BCUT2D eigenvalue weighted by Gasteiger charge is -2.13. The lowest BCUT2D eigenvalue weighted by atomic mass is 9.99. The van der Waals surface area contributed by atoms with Crippen LogP contribution in [0, 0.1) is 11.3 Å². The average Bonchev–Trinajstić information content (AvgIpc) is 2.72. The predicted molar refractivity (Wildman–Crippen MR) is 110 cm³/mol. The lowest BCUT2D eigenvalue weighted by molar-refractivity contribution is -0.139. The van der Waals surface area contributed by atoms with Crippen molar-refractivity contribution in [2.75, 3.05) is 25.6 Å². The molecule has 1 aromatic heterocycles. The number of aliphatic carboxylic acids is 1. The summed E-state index contributed by atoms with van der Waals surface area (Å²) in [5, 5.41) is 18.1. The first-order valence-electron chi connectivity index (χ1n) is 8.79. The molecule has 7 nitrogen and oxygen atoms in total. The van der Waals surface area contributed by atoms with Gasteiger partial charge in [0.15, 0.2) is 6.61 Å². The van der Waals surface area contributed by atoms with E-state index in [0.29, 0.717) is 22.6 Å². The van der Waals surface area contributed by atoms with E-state index in [1.165, 1.54) is 0 Å². The summed E-state index contributed by atoms with van der Waals surface area (Å²) in [7, 11) is 3.87. The van der Waals surface area contributed by atoms with Gasteiger partial charge in [-0.3, -0.25) is 4.79 Å². The minimum atomic E-state index is -1.06. The molecular weight excluding hydrogens is 370 g/mol. The molecule has 0 aliphatic rings. The van der Waals surface area contributed by atoms with Crippen molar-refractivity contribution in [3.63, 3.8) is 0 Å². The molecule has 0 amide bonds. The van der Waals surface area contributed by atoms with Gasteiger partial charge in [-0.2, -0.15) is 5.26 Å². The second kappa shape index (κ2) is 8.31. The molecule has 7 heteroatoms. The fraction of sp³-hybridized carbons (Fsp3) is 0.136. The fourth-order valence-electron chi connectivity index (χ4n) is 2.87. The molecule has 0 saturated heterocycles. The number of carbonyl (C=O) groups is 1. The maximum Gasteiger partial charge on any atom is 0.341 e. The molecule has 3 aromatic rings. The van der Waals surface area contributed by atoms with E-state index in [1.807, 2.05) is 49.3 Å². The number of carboxylic acids is 1. The molecule has 2 aromatic carbocycles. The number of H-pyrrole nitrogens is 1. The van der Waals surface area contributed by atoms with Crippen molar-refractivity contribution in [2.45, 2.75) is 0 Å². The second-order valence-electron chi connectivity index (χ2n) is 6.56. The number of pyridine rings is 1. The van der Waals surface area contributed by atoms with Gasteiger partial charge in [0.05, 0.1) is 0 Å². The predicted octanol–water partition coefficient (Wildman–Crippen LogP) is 3.11. The number of aromatic nitrogens is 1. The van der Waals surface area contributed by atoms with Crippen molar-refractivity contribution in [2.24, 2.45) is 0 Å². The van der Waals surface area contributed by atoms with Gasteiger partial charge in [0.2, 0.25) is 0 Å². The van der Waals surface area contributed by atoms with E-state index in [1.54, 1.807) is 30.3 Å². The third kappa shape index (κ3) is 4.45. The Kier molecular flexibility index (Phi) is 5.65. The molecule has 0 atom stereocenters. The van der Waals surface area contributed by atoms with Crippen LogP contribution in [0.15, 0.2) is 59.4 Å². The van der Waals surface area contributed by atoms with Crippen LogP contribution in [-0.4, -0.2) is 36.8 Å². The highest BCUT2D eigenvalue weighted by Gasteiger charge is 2.13. The fourth-order valence-corrected chi connectivity index (χ4v) is 2.87. The molecule has 0 aliphatic carbocycles. The molecular formula is C22H19N3O4.